The Bertz CT molecular complexity index is 515. The summed E-state index contributed by atoms with van der Waals surface area (Å²) in [5.41, 5.74) is 6.48. The summed E-state index contributed by atoms with van der Waals surface area (Å²) in [6, 6.07) is 6.25. The molecule has 0 aliphatic heterocycles. The molecule has 4 nitrogen and oxygen atoms in total. The average Bonchev–Trinajstić information content (AvgIpc) is 2.34. The molecular weight excluding hydrogens is 243 g/mol. The molecule has 0 radical (unpaired) electrons. The maximum absolute atomic E-state index is 13.4. The van der Waals surface area contributed by atoms with Crippen molar-refractivity contribution in [2.24, 2.45) is 16.6 Å². The fourth-order valence-corrected chi connectivity index (χ4v) is 1.93. The van der Waals surface area contributed by atoms with Gasteiger partial charge in [0.15, 0.2) is 5.96 Å². The fraction of sp³-hybridized carbons (Fsp3) is 0.429. The number of aliphatic imine (C=N–C) groups is 1. The van der Waals surface area contributed by atoms with Crippen molar-refractivity contribution in [3.8, 4) is 6.07 Å². The second-order valence-corrected chi connectivity index (χ2v) is 4.81. The zero-order valence-electron chi connectivity index (χ0n) is 10.7. The molecule has 0 atom stereocenters. The van der Waals surface area contributed by atoms with Gasteiger partial charge in [-0.1, -0.05) is 12.5 Å². The largest absolute Gasteiger partial charge is 0.370 e. The molecule has 0 heterocycles. The minimum absolute atomic E-state index is 0.0452. The van der Waals surface area contributed by atoms with Crippen LogP contribution in [0.3, 0.4) is 0 Å². The number of nitrogens with two attached hydrogens (primary N) is 1. The highest BCUT2D eigenvalue weighted by molar-refractivity contribution is 5.77. The molecule has 3 N–H and O–H groups in total. The lowest BCUT2D eigenvalue weighted by molar-refractivity contribution is 0.315. The number of halogens is 1. The molecule has 5 heteroatoms. The summed E-state index contributed by atoms with van der Waals surface area (Å²) in [4.78, 5) is 4.16. The maximum atomic E-state index is 13.4. The lowest BCUT2D eigenvalue weighted by atomic mass is 9.85. The molecule has 0 amide bonds. The molecule has 1 aromatic carbocycles. The normalized spacial score (nSPS) is 15.7. The van der Waals surface area contributed by atoms with Crippen LogP contribution in [0.15, 0.2) is 23.2 Å². The van der Waals surface area contributed by atoms with Crippen LogP contribution in [0.5, 0.6) is 0 Å². The lowest BCUT2D eigenvalue weighted by Gasteiger charge is -2.25. The summed E-state index contributed by atoms with van der Waals surface area (Å²) in [5.74, 6) is 0.578. The van der Waals surface area contributed by atoms with Crippen LogP contribution in [0.25, 0.3) is 0 Å². The molecular formula is C14H17FN4. The van der Waals surface area contributed by atoms with Crippen LogP contribution in [0.2, 0.25) is 0 Å². The second kappa shape index (κ2) is 6.19. The highest BCUT2D eigenvalue weighted by Gasteiger charge is 2.16. The van der Waals surface area contributed by atoms with E-state index in [2.05, 4.69) is 10.3 Å². The van der Waals surface area contributed by atoms with Gasteiger partial charge in [0.2, 0.25) is 0 Å². The third-order valence-corrected chi connectivity index (χ3v) is 3.38. The minimum Gasteiger partial charge on any atom is -0.370 e. The zero-order chi connectivity index (χ0) is 13.7. The van der Waals surface area contributed by atoms with Crippen LogP contribution in [0, 0.1) is 23.1 Å². The predicted molar refractivity (Wildman–Crippen MR) is 71.8 cm³/mol. The Labute approximate surface area is 112 Å². The quantitative estimate of drug-likeness (QED) is 0.641. The van der Waals surface area contributed by atoms with Crippen LogP contribution < -0.4 is 11.1 Å². The summed E-state index contributed by atoms with van der Waals surface area (Å²) in [5, 5.41) is 11.7. The van der Waals surface area contributed by atoms with E-state index in [1.54, 1.807) is 12.1 Å². The Balaban J connectivity index is 1.86. The highest BCUT2D eigenvalue weighted by Crippen LogP contribution is 2.24. The van der Waals surface area contributed by atoms with Gasteiger partial charge in [-0.2, -0.15) is 5.26 Å². The van der Waals surface area contributed by atoms with Gasteiger partial charge in [-0.15, -0.1) is 0 Å². The number of nitrogens with one attached hydrogen (secondary N) is 1. The topological polar surface area (TPSA) is 74.2 Å². The number of benzene rings is 1. The van der Waals surface area contributed by atoms with Crippen molar-refractivity contribution in [3.63, 3.8) is 0 Å². The highest BCUT2D eigenvalue weighted by atomic mass is 19.1. The van der Waals surface area contributed by atoms with Crippen LogP contribution in [-0.2, 0) is 6.54 Å². The first-order valence-corrected chi connectivity index (χ1v) is 6.41. The molecule has 1 fully saturated rings. The van der Waals surface area contributed by atoms with E-state index >= 15 is 0 Å². The molecule has 1 aliphatic carbocycles. The Morgan fingerprint density at radius 1 is 1.53 bits per heavy atom. The van der Waals surface area contributed by atoms with Crippen molar-refractivity contribution < 1.29 is 4.39 Å². The molecule has 0 unspecified atom stereocenters. The molecule has 0 spiro atoms. The third kappa shape index (κ3) is 3.68. The van der Waals surface area contributed by atoms with E-state index in [9.17, 15) is 4.39 Å². The van der Waals surface area contributed by atoms with Gasteiger partial charge in [-0.05, 0) is 36.5 Å². The standard InChI is InChI=1S/C14H17FN4/c15-13-6-11(4-5-12(13)7-16)9-19-14(17)18-8-10-2-1-3-10/h4-6,10H,1-3,8-9H2,(H3,17,18,19). The molecule has 100 valence electrons. The Hall–Kier alpha value is -2.09. The molecule has 1 aromatic rings. The Morgan fingerprint density at radius 2 is 2.32 bits per heavy atom. The van der Waals surface area contributed by atoms with Gasteiger partial charge in [0.25, 0.3) is 0 Å². The maximum Gasteiger partial charge on any atom is 0.188 e. The zero-order valence-corrected chi connectivity index (χ0v) is 10.7. The molecule has 0 aromatic heterocycles. The van der Waals surface area contributed by atoms with Crippen molar-refractivity contribution in [2.75, 3.05) is 6.54 Å². The summed E-state index contributed by atoms with van der Waals surface area (Å²) < 4.78 is 13.4. The van der Waals surface area contributed by atoms with Gasteiger partial charge in [-0.3, -0.25) is 0 Å². The molecule has 2 rings (SSSR count). The van der Waals surface area contributed by atoms with Gasteiger partial charge >= 0.3 is 0 Å². The number of hydrogen-bond donors (Lipinski definition) is 2. The van der Waals surface area contributed by atoms with Gasteiger partial charge in [-0.25, -0.2) is 9.38 Å². The molecule has 0 bridgehead atoms. The SMILES string of the molecule is N#Cc1ccc(CN=C(N)NCC2CCC2)cc1F. The van der Waals surface area contributed by atoms with E-state index in [0.29, 0.717) is 24.0 Å². The van der Waals surface area contributed by atoms with Gasteiger partial charge in [0.1, 0.15) is 11.9 Å². The molecule has 1 saturated carbocycles. The average molecular weight is 260 g/mol. The monoisotopic (exact) mass is 260 g/mol. The summed E-state index contributed by atoms with van der Waals surface area (Å²) in [6.07, 6.45) is 3.80. The van der Waals surface area contributed by atoms with E-state index in [4.69, 9.17) is 11.0 Å². The van der Waals surface area contributed by atoms with E-state index in [0.717, 1.165) is 6.54 Å². The third-order valence-electron chi connectivity index (χ3n) is 3.38. The number of nitriles is 1. The molecule has 0 saturated heterocycles. The Kier molecular flexibility index (Phi) is 4.35. The van der Waals surface area contributed by atoms with Crippen molar-refractivity contribution in [2.45, 2.75) is 25.8 Å². The second-order valence-electron chi connectivity index (χ2n) is 4.81. The van der Waals surface area contributed by atoms with Crippen molar-refractivity contribution >= 4 is 5.96 Å². The van der Waals surface area contributed by atoms with Crippen LogP contribution in [-0.4, -0.2) is 12.5 Å². The Morgan fingerprint density at radius 3 is 2.89 bits per heavy atom. The number of rotatable bonds is 4. The van der Waals surface area contributed by atoms with E-state index in [-0.39, 0.29) is 5.56 Å². The van der Waals surface area contributed by atoms with Crippen LogP contribution in [0.4, 0.5) is 4.39 Å². The summed E-state index contributed by atoms with van der Waals surface area (Å²) >= 11 is 0. The summed E-state index contributed by atoms with van der Waals surface area (Å²) in [7, 11) is 0. The molecule has 1 aliphatic rings. The number of hydrogen-bond acceptors (Lipinski definition) is 2. The first-order valence-electron chi connectivity index (χ1n) is 6.41. The predicted octanol–water partition coefficient (Wildman–Crippen LogP) is 1.90. The number of guanidine groups is 1. The van der Waals surface area contributed by atoms with Gasteiger partial charge < -0.3 is 11.1 Å². The lowest BCUT2D eigenvalue weighted by Crippen LogP contribution is -2.37. The van der Waals surface area contributed by atoms with Crippen molar-refractivity contribution in [1.29, 1.82) is 5.26 Å². The smallest absolute Gasteiger partial charge is 0.188 e. The van der Waals surface area contributed by atoms with Crippen molar-refractivity contribution in [3.05, 3.63) is 35.1 Å². The van der Waals surface area contributed by atoms with Crippen LogP contribution in [0.1, 0.15) is 30.4 Å². The van der Waals surface area contributed by atoms with E-state index in [1.807, 2.05) is 0 Å². The molecule has 19 heavy (non-hydrogen) atoms. The van der Waals surface area contributed by atoms with E-state index < -0.39 is 5.82 Å². The van der Waals surface area contributed by atoms with Crippen molar-refractivity contribution in [1.82, 2.24) is 5.32 Å². The fourth-order valence-electron chi connectivity index (χ4n) is 1.93. The number of nitrogens with zero attached hydrogens (tertiary/aromatic N) is 2. The first-order chi connectivity index (χ1) is 9.19. The van der Waals surface area contributed by atoms with Gasteiger partial charge in [0.05, 0.1) is 12.1 Å². The van der Waals surface area contributed by atoms with Crippen LogP contribution >= 0.6 is 0 Å². The van der Waals surface area contributed by atoms with Gasteiger partial charge in [0, 0.05) is 6.54 Å². The first kappa shape index (κ1) is 13.3. The minimum atomic E-state index is -0.517. The summed E-state index contributed by atoms with van der Waals surface area (Å²) in [6.45, 7) is 1.17. The van der Waals surface area contributed by atoms with E-state index in [1.165, 1.54) is 31.4 Å².